The maximum atomic E-state index is 2.48. The second-order valence-corrected chi connectivity index (χ2v) is 19.7. The fourth-order valence-corrected chi connectivity index (χ4v) is 11.3. The Kier molecular flexibility index (Phi) is 10.7. The van der Waals surface area contributed by atoms with E-state index in [1.54, 1.807) is 0 Å². The number of benzene rings is 12. The van der Waals surface area contributed by atoms with Crippen LogP contribution < -0.4 is 0 Å². The Hall–Kier alpha value is -9.56. The summed E-state index contributed by atoms with van der Waals surface area (Å²) in [5.41, 5.74) is 28.5. The molecular weight excluding hydrogens is 891 g/mol. The summed E-state index contributed by atoms with van der Waals surface area (Å²) >= 11 is 0. The molecule has 0 N–H and O–H groups in total. The molecule has 0 saturated heterocycles. The lowest BCUT2D eigenvalue weighted by molar-refractivity contribution is 1.16. The van der Waals surface area contributed by atoms with E-state index in [0.29, 0.717) is 0 Å². The van der Waals surface area contributed by atoms with E-state index < -0.39 is 0 Å². The third-order valence-corrected chi connectivity index (χ3v) is 15.3. The van der Waals surface area contributed by atoms with Crippen LogP contribution in [0.4, 0.5) is 0 Å². The van der Waals surface area contributed by atoms with Gasteiger partial charge in [0.2, 0.25) is 0 Å². The Labute approximate surface area is 432 Å². The first-order valence-electron chi connectivity index (χ1n) is 25.7. The predicted molar refractivity (Wildman–Crippen MR) is 313 cm³/mol. The molecule has 1 aromatic heterocycles. The van der Waals surface area contributed by atoms with Crippen LogP contribution in [-0.4, -0.2) is 4.57 Å². The van der Waals surface area contributed by atoms with E-state index in [1.165, 1.54) is 139 Å². The van der Waals surface area contributed by atoms with E-state index in [2.05, 4.69) is 290 Å². The van der Waals surface area contributed by atoms with Gasteiger partial charge >= 0.3 is 0 Å². The fraction of sp³-hybridized carbons (Fsp3) is 0.0137. The highest BCUT2D eigenvalue weighted by molar-refractivity contribution is 6.12. The van der Waals surface area contributed by atoms with Gasteiger partial charge in [-0.15, -0.1) is 0 Å². The molecule has 1 heteroatoms. The topological polar surface area (TPSA) is 4.93 Å². The highest BCUT2D eigenvalue weighted by atomic mass is 15.0. The van der Waals surface area contributed by atoms with Gasteiger partial charge in [0.15, 0.2) is 0 Å². The summed E-state index contributed by atoms with van der Waals surface area (Å²) in [6.45, 7) is 0. The van der Waals surface area contributed by atoms with E-state index in [1.807, 2.05) is 0 Å². The normalized spacial score (nSPS) is 11.7. The van der Waals surface area contributed by atoms with Crippen LogP contribution in [0.2, 0.25) is 0 Å². The van der Waals surface area contributed by atoms with E-state index in [9.17, 15) is 0 Å². The van der Waals surface area contributed by atoms with Crippen molar-refractivity contribution in [3.8, 4) is 106 Å². The van der Waals surface area contributed by atoms with Crippen LogP contribution in [0.15, 0.2) is 285 Å². The quantitative estimate of drug-likeness (QED) is 0.136. The van der Waals surface area contributed by atoms with Crippen LogP contribution in [0.3, 0.4) is 0 Å². The molecule has 1 aliphatic carbocycles. The van der Waals surface area contributed by atoms with Crippen molar-refractivity contribution in [2.24, 2.45) is 0 Å². The molecule has 0 bridgehead atoms. The zero-order valence-electron chi connectivity index (χ0n) is 40.8. The Morgan fingerprint density at radius 3 is 0.811 bits per heavy atom. The molecule has 1 aliphatic rings. The molecule has 74 heavy (non-hydrogen) atoms. The van der Waals surface area contributed by atoms with Crippen LogP contribution in [0.5, 0.6) is 0 Å². The van der Waals surface area contributed by atoms with Gasteiger partial charge in [-0.05, 0) is 154 Å². The summed E-state index contributed by atoms with van der Waals surface area (Å²) < 4.78 is 2.48. The Balaban J connectivity index is 0.807. The first-order valence-corrected chi connectivity index (χ1v) is 25.7. The van der Waals surface area contributed by atoms with E-state index >= 15 is 0 Å². The maximum Gasteiger partial charge on any atom is 0.0541 e. The van der Waals surface area contributed by atoms with Crippen molar-refractivity contribution in [3.05, 3.63) is 296 Å². The number of fused-ring (bicyclic) bond motifs is 6. The Morgan fingerprint density at radius 1 is 0.203 bits per heavy atom. The average molecular weight is 940 g/mol. The van der Waals surface area contributed by atoms with Crippen LogP contribution >= 0.6 is 0 Å². The number of hydrogen-bond donors (Lipinski definition) is 0. The number of aromatic nitrogens is 1. The molecule has 1 nitrogen and oxygen atoms in total. The van der Waals surface area contributed by atoms with E-state index in [-0.39, 0.29) is 0 Å². The van der Waals surface area contributed by atoms with E-state index in [4.69, 9.17) is 0 Å². The van der Waals surface area contributed by atoms with Crippen molar-refractivity contribution in [1.82, 2.24) is 4.57 Å². The van der Waals surface area contributed by atoms with Gasteiger partial charge in [-0.25, -0.2) is 0 Å². The van der Waals surface area contributed by atoms with Crippen molar-refractivity contribution < 1.29 is 0 Å². The van der Waals surface area contributed by atoms with Gasteiger partial charge in [-0.1, -0.05) is 249 Å². The van der Waals surface area contributed by atoms with Crippen LogP contribution in [-0.2, 0) is 6.42 Å². The van der Waals surface area contributed by atoms with Gasteiger partial charge < -0.3 is 4.57 Å². The molecule has 0 radical (unpaired) electrons. The summed E-state index contributed by atoms with van der Waals surface area (Å²) in [4.78, 5) is 0. The lowest BCUT2D eigenvalue weighted by Crippen LogP contribution is -1.95. The minimum absolute atomic E-state index is 0.903. The maximum absolute atomic E-state index is 2.48. The lowest BCUT2D eigenvalue weighted by atomic mass is 9.96. The summed E-state index contributed by atoms with van der Waals surface area (Å²) in [6, 6.07) is 105. The monoisotopic (exact) mass is 939 g/mol. The van der Waals surface area contributed by atoms with Gasteiger partial charge in [0.1, 0.15) is 0 Å². The first kappa shape index (κ1) is 43.2. The smallest absolute Gasteiger partial charge is 0.0541 e. The summed E-state index contributed by atoms with van der Waals surface area (Å²) in [5.74, 6) is 0. The molecule has 13 aromatic rings. The van der Waals surface area contributed by atoms with Gasteiger partial charge in [-0.2, -0.15) is 0 Å². The molecular formula is C73H49N. The molecule has 12 aromatic carbocycles. The SMILES string of the molecule is c1ccc(-c2ccc(-c3ccc(-c4ccc5c(c4)c4cc(-c6ccc(-c7ccc(-c8ccccc8)cc7)cc6)ccc4n5-c4ccc5c(c4)Cc4cc(-c6ccc(-c7ccccc7)cc6)ccc4-5)cc3)cc2)cc1. The Bertz CT molecular complexity index is 3990. The number of hydrogen-bond acceptors (Lipinski definition) is 0. The second-order valence-electron chi connectivity index (χ2n) is 19.7. The van der Waals surface area contributed by atoms with Crippen molar-refractivity contribution in [1.29, 1.82) is 0 Å². The first-order chi connectivity index (χ1) is 36.6. The zero-order chi connectivity index (χ0) is 49.0. The molecule has 346 valence electrons. The molecule has 0 fully saturated rings. The largest absolute Gasteiger partial charge is 0.309 e. The molecule has 14 rings (SSSR count). The van der Waals surface area contributed by atoms with Crippen LogP contribution in [0.25, 0.3) is 128 Å². The molecule has 0 saturated carbocycles. The molecule has 0 unspecified atom stereocenters. The summed E-state index contributed by atoms with van der Waals surface area (Å²) in [5, 5.41) is 2.48. The zero-order valence-corrected chi connectivity index (χ0v) is 40.8. The summed E-state index contributed by atoms with van der Waals surface area (Å²) in [6.07, 6.45) is 0.903. The average Bonchev–Trinajstić information content (AvgIpc) is 4.02. The third kappa shape index (κ3) is 7.93. The molecule has 1 heterocycles. The predicted octanol–water partition coefficient (Wildman–Crippen LogP) is 19.7. The van der Waals surface area contributed by atoms with Gasteiger partial charge in [0.05, 0.1) is 11.0 Å². The van der Waals surface area contributed by atoms with Crippen molar-refractivity contribution >= 4 is 21.8 Å². The van der Waals surface area contributed by atoms with E-state index in [0.717, 1.165) is 6.42 Å². The molecule has 0 amide bonds. The van der Waals surface area contributed by atoms with Gasteiger partial charge in [-0.3, -0.25) is 0 Å². The van der Waals surface area contributed by atoms with Crippen molar-refractivity contribution in [2.45, 2.75) is 6.42 Å². The molecule has 0 spiro atoms. The molecule has 0 atom stereocenters. The third-order valence-electron chi connectivity index (χ3n) is 15.3. The van der Waals surface area contributed by atoms with Crippen LogP contribution in [0.1, 0.15) is 11.1 Å². The molecule has 0 aliphatic heterocycles. The second kappa shape index (κ2) is 18.2. The van der Waals surface area contributed by atoms with Gasteiger partial charge in [0, 0.05) is 16.5 Å². The Morgan fingerprint density at radius 2 is 0.459 bits per heavy atom. The highest BCUT2D eigenvalue weighted by Gasteiger charge is 2.22. The van der Waals surface area contributed by atoms with Gasteiger partial charge in [0.25, 0.3) is 0 Å². The number of nitrogens with zero attached hydrogens (tertiary/aromatic N) is 1. The number of rotatable bonds is 9. The summed E-state index contributed by atoms with van der Waals surface area (Å²) in [7, 11) is 0. The minimum atomic E-state index is 0.903. The standard InChI is InChI=1S/C73H49N/c1-4-10-49(11-5-1)52-16-20-55(21-17-52)57-26-32-60(33-27-57)63-37-42-72-70(47-63)71-48-64(61-34-28-58(29-35-61)56-22-18-53(19-23-56)50-12-6-2-7-13-50)38-43-73(71)74(72)67-39-41-69-66(46-67)45-65-44-62(36-40-68(65)69)59-30-24-54(25-31-59)51-14-8-3-9-15-51/h1-44,46-48H,45H2. The lowest BCUT2D eigenvalue weighted by Gasteiger charge is -2.11. The highest BCUT2D eigenvalue weighted by Crippen LogP contribution is 2.43. The fourth-order valence-electron chi connectivity index (χ4n) is 11.3. The van der Waals surface area contributed by atoms with Crippen molar-refractivity contribution in [2.75, 3.05) is 0 Å². The van der Waals surface area contributed by atoms with Crippen LogP contribution in [0, 0.1) is 0 Å². The van der Waals surface area contributed by atoms with Crippen molar-refractivity contribution in [3.63, 3.8) is 0 Å². The minimum Gasteiger partial charge on any atom is -0.309 e.